The second-order valence-electron chi connectivity index (χ2n) is 8.62. The number of aromatic nitrogens is 3. The molecule has 5 aromatic rings. The predicted molar refractivity (Wildman–Crippen MR) is 153 cm³/mol. The highest BCUT2D eigenvalue weighted by Gasteiger charge is 2.17. The zero-order valence-electron chi connectivity index (χ0n) is 19.9. The van der Waals surface area contributed by atoms with Crippen LogP contribution in [0.4, 0.5) is 23.5 Å². The monoisotopic (exact) mass is 553 g/mol. The molecule has 6 rings (SSSR count). The molecule has 1 saturated heterocycles. The molecule has 184 valence electrons. The van der Waals surface area contributed by atoms with Gasteiger partial charge in [-0.25, -0.2) is 5.43 Å². The van der Waals surface area contributed by atoms with Crippen LogP contribution < -0.4 is 15.6 Å². The summed E-state index contributed by atoms with van der Waals surface area (Å²) in [5.74, 6) is 1.36. The van der Waals surface area contributed by atoms with E-state index < -0.39 is 0 Å². The van der Waals surface area contributed by atoms with Gasteiger partial charge in [-0.15, -0.1) is 0 Å². The van der Waals surface area contributed by atoms with Gasteiger partial charge in [0.25, 0.3) is 0 Å². The molecule has 37 heavy (non-hydrogen) atoms. The van der Waals surface area contributed by atoms with Crippen LogP contribution in [0.1, 0.15) is 5.56 Å². The average molecular weight is 554 g/mol. The molecule has 0 bridgehead atoms. The van der Waals surface area contributed by atoms with Crippen LogP contribution >= 0.6 is 15.9 Å². The third-order valence-electron chi connectivity index (χ3n) is 6.17. The molecule has 1 fully saturated rings. The van der Waals surface area contributed by atoms with Gasteiger partial charge in [-0.3, -0.25) is 0 Å². The minimum Gasteiger partial charge on any atom is -0.378 e. The Morgan fingerprint density at radius 3 is 2.24 bits per heavy atom. The zero-order chi connectivity index (χ0) is 25.0. The Morgan fingerprint density at radius 2 is 1.51 bits per heavy atom. The number of hydrogen-bond acceptors (Lipinski definition) is 8. The van der Waals surface area contributed by atoms with Crippen molar-refractivity contribution in [3.63, 3.8) is 0 Å². The average Bonchev–Trinajstić information content (AvgIpc) is 2.93. The maximum absolute atomic E-state index is 5.50. The number of hydrogen-bond donors (Lipinski definition) is 2. The largest absolute Gasteiger partial charge is 0.378 e. The zero-order valence-corrected chi connectivity index (χ0v) is 21.5. The normalized spacial score (nSPS) is 13.9. The van der Waals surface area contributed by atoms with Gasteiger partial charge in [0.1, 0.15) is 0 Å². The van der Waals surface area contributed by atoms with E-state index >= 15 is 0 Å². The minimum absolute atomic E-state index is 0.356. The topological polar surface area (TPSA) is 87.6 Å². The molecule has 0 unspecified atom stereocenters. The van der Waals surface area contributed by atoms with E-state index in [0.717, 1.165) is 37.3 Å². The second kappa shape index (κ2) is 10.5. The molecule has 0 amide bonds. The lowest BCUT2D eigenvalue weighted by Crippen LogP contribution is -2.37. The van der Waals surface area contributed by atoms with Gasteiger partial charge in [0.05, 0.1) is 19.4 Å². The van der Waals surface area contributed by atoms with Crippen LogP contribution in [0.15, 0.2) is 88.4 Å². The van der Waals surface area contributed by atoms with Crippen LogP contribution in [0, 0.1) is 0 Å². The van der Waals surface area contributed by atoms with Crippen LogP contribution in [-0.4, -0.2) is 47.5 Å². The Labute approximate surface area is 222 Å². The first-order valence-corrected chi connectivity index (χ1v) is 12.8. The Morgan fingerprint density at radius 1 is 0.811 bits per heavy atom. The first kappa shape index (κ1) is 23.3. The van der Waals surface area contributed by atoms with E-state index in [1.807, 2.05) is 54.7 Å². The molecule has 2 heterocycles. The van der Waals surface area contributed by atoms with Crippen LogP contribution in [0.3, 0.4) is 0 Å². The summed E-state index contributed by atoms with van der Waals surface area (Å²) in [6.07, 6.45) is 1.84. The number of ether oxygens (including phenoxy) is 1. The van der Waals surface area contributed by atoms with Crippen molar-refractivity contribution in [3.8, 4) is 0 Å². The molecule has 0 radical (unpaired) electrons. The molecule has 9 heteroatoms. The maximum atomic E-state index is 5.50. The fourth-order valence-corrected chi connectivity index (χ4v) is 4.81. The van der Waals surface area contributed by atoms with Gasteiger partial charge < -0.3 is 15.0 Å². The minimum atomic E-state index is 0.356. The summed E-state index contributed by atoms with van der Waals surface area (Å²) >= 11 is 3.51. The number of anilines is 4. The van der Waals surface area contributed by atoms with Gasteiger partial charge >= 0.3 is 0 Å². The summed E-state index contributed by atoms with van der Waals surface area (Å²) in [7, 11) is 0. The van der Waals surface area contributed by atoms with Gasteiger partial charge in [0.2, 0.25) is 17.8 Å². The molecule has 1 aromatic heterocycles. The summed E-state index contributed by atoms with van der Waals surface area (Å²) in [6, 6.07) is 26.7. The van der Waals surface area contributed by atoms with Gasteiger partial charge in [0.15, 0.2) is 0 Å². The Bertz CT molecular complexity index is 1550. The van der Waals surface area contributed by atoms with Crippen molar-refractivity contribution < 1.29 is 4.74 Å². The molecule has 0 atom stereocenters. The molecule has 1 aliphatic heterocycles. The van der Waals surface area contributed by atoms with Crippen molar-refractivity contribution in [2.75, 3.05) is 41.9 Å². The number of hydrazone groups is 1. The number of halogens is 1. The third-order valence-corrected chi connectivity index (χ3v) is 6.66. The lowest BCUT2D eigenvalue weighted by atomic mass is 9.97. The summed E-state index contributed by atoms with van der Waals surface area (Å²) in [5.41, 5.74) is 4.94. The molecule has 8 nitrogen and oxygen atoms in total. The fourth-order valence-electron chi connectivity index (χ4n) is 4.41. The second-order valence-corrected chi connectivity index (χ2v) is 9.54. The predicted octanol–water partition coefficient (Wildman–Crippen LogP) is 5.97. The number of rotatable bonds is 6. The smallest absolute Gasteiger partial charge is 0.250 e. The highest BCUT2D eigenvalue weighted by atomic mass is 79.9. The van der Waals surface area contributed by atoms with Crippen LogP contribution in [0.25, 0.3) is 21.5 Å². The molecule has 0 aliphatic carbocycles. The fraction of sp³-hybridized carbons (Fsp3) is 0.143. The molecule has 1 aliphatic rings. The van der Waals surface area contributed by atoms with Crippen molar-refractivity contribution in [1.82, 2.24) is 15.0 Å². The summed E-state index contributed by atoms with van der Waals surface area (Å²) in [5, 5.41) is 12.4. The molecule has 4 aromatic carbocycles. The van der Waals surface area contributed by atoms with E-state index in [1.54, 1.807) is 0 Å². The first-order valence-electron chi connectivity index (χ1n) is 12.0. The number of nitrogens with zero attached hydrogens (tertiary/aromatic N) is 5. The van der Waals surface area contributed by atoms with E-state index in [2.05, 4.69) is 82.0 Å². The van der Waals surface area contributed by atoms with Crippen molar-refractivity contribution in [2.24, 2.45) is 5.10 Å². The van der Waals surface area contributed by atoms with E-state index in [4.69, 9.17) is 4.74 Å². The van der Waals surface area contributed by atoms with Crippen LogP contribution in [0.5, 0.6) is 0 Å². The molecule has 2 N–H and O–H groups in total. The summed E-state index contributed by atoms with van der Waals surface area (Å²) < 4.78 is 6.47. The van der Waals surface area contributed by atoms with E-state index in [-0.39, 0.29) is 0 Å². The summed E-state index contributed by atoms with van der Waals surface area (Å²) in [4.78, 5) is 16.0. The third kappa shape index (κ3) is 5.23. The highest BCUT2D eigenvalue weighted by Crippen LogP contribution is 2.27. The van der Waals surface area contributed by atoms with Gasteiger partial charge in [-0.2, -0.15) is 20.1 Å². The quantitative estimate of drug-likeness (QED) is 0.152. The Hall–Kier alpha value is -4.08. The number of morpholine rings is 1. The lowest BCUT2D eigenvalue weighted by molar-refractivity contribution is 0.122. The Balaban J connectivity index is 1.34. The molecular weight excluding hydrogens is 530 g/mol. The van der Waals surface area contributed by atoms with Crippen molar-refractivity contribution in [3.05, 3.63) is 88.9 Å². The van der Waals surface area contributed by atoms with E-state index in [0.29, 0.717) is 44.1 Å². The van der Waals surface area contributed by atoms with E-state index in [9.17, 15) is 0 Å². The van der Waals surface area contributed by atoms with Crippen LogP contribution in [0.2, 0.25) is 0 Å². The summed E-state index contributed by atoms with van der Waals surface area (Å²) in [6.45, 7) is 2.69. The molecule has 0 saturated carbocycles. The van der Waals surface area contributed by atoms with Gasteiger partial charge in [-0.1, -0.05) is 70.5 Å². The number of benzene rings is 4. The van der Waals surface area contributed by atoms with Gasteiger partial charge in [0, 0.05) is 28.8 Å². The van der Waals surface area contributed by atoms with Crippen molar-refractivity contribution in [1.29, 1.82) is 0 Å². The number of fused-ring (bicyclic) bond motifs is 2. The maximum Gasteiger partial charge on any atom is 0.250 e. The van der Waals surface area contributed by atoms with Gasteiger partial charge in [-0.05, 0) is 45.8 Å². The Kier molecular flexibility index (Phi) is 6.62. The van der Waals surface area contributed by atoms with Crippen molar-refractivity contribution >= 4 is 67.2 Å². The standard InChI is InChI=1S/C28H24BrN7O/c29-21-8-5-9-22(17-21)31-26-32-27(34-28(33-26)36-12-14-37-15-13-36)35-30-18-25-23-10-3-1-6-19(23)16-20-7-2-4-11-24(20)25/h1-11,16-18H,12-15H2,(H2,31,32,33,34,35)/b30-18+. The SMILES string of the molecule is Brc1cccc(Nc2nc(N/N=C/c3c4ccccc4cc4ccccc34)nc(N3CCOCC3)n2)c1. The molecular formula is C28H24BrN7O. The number of nitrogens with one attached hydrogen (secondary N) is 2. The highest BCUT2D eigenvalue weighted by molar-refractivity contribution is 9.10. The van der Waals surface area contributed by atoms with E-state index in [1.165, 1.54) is 0 Å². The lowest BCUT2D eigenvalue weighted by Gasteiger charge is -2.27. The molecule has 0 spiro atoms. The van der Waals surface area contributed by atoms with Crippen molar-refractivity contribution in [2.45, 2.75) is 0 Å². The first-order chi connectivity index (χ1) is 18.2. The van der Waals surface area contributed by atoms with Crippen LogP contribution in [-0.2, 0) is 4.74 Å².